The third-order valence-electron chi connectivity index (χ3n) is 5.16. The van der Waals surface area contributed by atoms with Gasteiger partial charge in [0.2, 0.25) is 0 Å². The Balaban J connectivity index is 1.36. The monoisotopic (exact) mass is 468 g/mol. The lowest BCUT2D eigenvalue weighted by atomic mass is 10.2. The molecule has 0 radical (unpaired) electrons. The van der Waals surface area contributed by atoms with Gasteiger partial charge in [-0.15, -0.1) is 0 Å². The normalized spacial score (nSPS) is 10.2. The van der Waals surface area contributed by atoms with Gasteiger partial charge in [0, 0.05) is 11.4 Å². The highest BCUT2D eigenvalue weighted by Gasteiger charge is 2.13. The molecule has 0 heterocycles. The summed E-state index contributed by atoms with van der Waals surface area (Å²) < 4.78 is 16.4. The molecule has 0 saturated carbocycles. The second-order valence-electron chi connectivity index (χ2n) is 7.46. The van der Waals surface area contributed by atoms with Crippen LogP contribution in [-0.2, 0) is 0 Å². The van der Waals surface area contributed by atoms with E-state index in [1.165, 1.54) is 14.2 Å². The summed E-state index contributed by atoms with van der Waals surface area (Å²) in [4.78, 5) is 25.1. The topological polar surface area (TPSA) is 85.9 Å². The molecule has 0 fully saturated rings. The molecular formula is C28H24N2O5. The molecule has 2 N–H and O–H groups in total. The van der Waals surface area contributed by atoms with Crippen molar-refractivity contribution in [3.8, 4) is 23.0 Å². The Bertz CT molecular complexity index is 1220. The van der Waals surface area contributed by atoms with Crippen molar-refractivity contribution in [2.45, 2.75) is 0 Å². The van der Waals surface area contributed by atoms with Crippen LogP contribution in [0.3, 0.4) is 0 Å². The quantitative estimate of drug-likeness (QED) is 0.331. The van der Waals surface area contributed by atoms with Crippen molar-refractivity contribution in [2.75, 3.05) is 24.9 Å². The maximum atomic E-state index is 12.5. The molecule has 0 aliphatic carbocycles. The number of nitrogens with one attached hydrogen (secondary N) is 2. The summed E-state index contributed by atoms with van der Waals surface area (Å²) in [5, 5.41) is 5.70. The van der Waals surface area contributed by atoms with Crippen LogP contribution >= 0.6 is 0 Å². The Morgan fingerprint density at radius 3 is 1.29 bits per heavy atom. The number of para-hydroxylation sites is 2. The van der Waals surface area contributed by atoms with Crippen LogP contribution in [0.25, 0.3) is 0 Å². The van der Waals surface area contributed by atoms with E-state index in [-0.39, 0.29) is 11.8 Å². The largest absolute Gasteiger partial charge is 0.496 e. The second kappa shape index (κ2) is 10.9. The summed E-state index contributed by atoms with van der Waals surface area (Å²) >= 11 is 0. The zero-order chi connectivity index (χ0) is 24.6. The van der Waals surface area contributed by atoms with Gasteiger partial charge in [-0.25, -0.2) is 0 Å². The van der Waals surface area contributed by atoms with Gasteiger partial charge < -0.3 is 24.8 Å². The lowest BCUT2D eigenvalue weighted by Crippen LogP contribution is -2.13. The van der Waals surface area contributed by atoms with Crippen molar-refractivity contribution < 1.29 is 23.8 Å². The molecule has 176 valence electrons. The molecule has 0 bridgehead atoms. The molecule has 7 heteroatoms. The highest BCUT2D eigenvalue weighted by molar-refractivity contribution is 6.06. The minimum atomic E-state index is -0.262. The fourth-order valence-electron chi connectivity index (χ4n) is 3.41. The number of hydrogen-bond donors (Lipinski definition) is 2. The molecule has 35 heavy (non-hydrogen) atoms. The van der Waals surface area contributed by atoms with E-state index in [4.69, 9.17) is 14.2 Å². The molecule has 0 aliphatic rings. The molecule has 0 spiro atoms. The van der Waals surface area contributed by atoms with E-state index >= 15 is 0 Å². The molecule has 4 aromatic rings. The van der Waals surface area contributed by atoms with E-state index in [1.807, 2.05) is 12.1 Å². The molecule has 7 nitrogen and oxygen atoms in total. The van der Waals surface area contributed by atoms with Crippen LogP contribution in [0.15, 0.2) is 97.1 Å². The van der Waals surface area contributed by atoms with Gasteiger partial charge in [0.25, 0.3) is 11.8 Å². The van der Waals surface area contributed by atoms with Crippen LogP contribution < -0.4 is 24.8 Å². The second-order valence-corrected chi connectivity index (χ2v) is 7.46. The van der Waals surface area contributed by atoms with Crippen LogP contribution in [0, 0.1) is 0 Å². The lowest BCUT2D eigenvalue weighted by molar-refractivity contribution is 0.101. The van der Waals surface area contributed by atoms with Crippen LogP contribution in [0.4, 0.5) is 11.4 Å². The van der Waals surface area contributed by atoms with Gasteiger partial charge in [-0.3, -0.25) is 9.59 Å². The number of rotatable bonds is 8. The minimum Gasteiger partial charge on any atom is -0.496 e. The Kier molecular flexibility index (Phi) is 7.28. The zero-order valence-electron chi connectivity index (χ0n) is 19.3. The van der Waals surface area contributed by atoms with Crippen LogP contribution in [0.2, 0.25) is 0 Å². The molecule has 0 aliphatic heterocycles. The third-order valence-corrected chi connectivity index (χ3v) is 5.16. The van der Waals surface area contributed by atoms with Crippen molar-refractivity contribution in [3.05, 3.63) is 108 Å². The van der Waals surface area contributed by atoms with Gasteiger partial charge in [0.15, 0.2) is 0 Å². The van der Waals surface area contributed by atoms with E-state index in [0.29, 0.717) is 45.5 Å². The fourth-order valence-corrected chi connectivity index (χ4v) is 3.41. The summed E-state index contributed by atoms with van der Waals surface area (Å²) in [5.74, 6) is 1.70. The predicted molar refractivity (Wildman–Crippen MR) is 135 cm³/mol. The lowest BCUT2D eigenvalue weighted by Gasteiger charge is -2.11. The first-order chi connectivity index (χ1) is 17.1. The predicted octanol–water partition coefficient (Wildman–Crippen LogP) is 6.00. The van der Waals surface area contributed by atoms with Crippen molar-refractivity contribution in [2.24, 2.45) is 0 Å². The highest BCUT2D eigenvalue weighted by atomic mass is 16.5. The van der Waals surface area contributed by atoms with Crippen molar-refractivity contribution in [1.29, 1.82) is 0 Å². The molecule has 2 amide bonds. The van der Waals surface area contributed by atoms with E-state index in [2.05, 4.69) is 10.6 Å². The Labute approximate surface area is 203 Å². The number of carbonyl (C=O) groups excluding carboxylic acids is 2. The van der Waals surface area contributed by atoms with Gasteiger partial charge in [-0.1, -0.05) is 24.3 Å². The minimum absolute atomic E-state index is 0.262. The van der Waals surface area contributed by atoms with E-state index in [0.717, 1.165) is 0 Å². The Morgan fingerprint density at radius 1 is 0.543 bits per heavy atom. The smallest absolute Gasteiger partial charge is 0.259 e. The average molecular weight is 469 g/mol. The van der Waals surface area contributed by atoms with Crippen LogP contribution in [-0.4, -0.2) is 26.0 Å². The molecule has 0 aromatic heterocycles. The average Bonchev–Trinajstić information content (AvgIpc) is 2.90. The number of amides is 2. The number of ether oxygens (including phenoxy) is 3. The summed E-state index contributed by atoms with van der Waals surface area (Å²) in [6.45, 7) is 0. The molecule has 0 saturated heterocycles. The molecular weight excluding hydrogens is 444 g/mol. The first kappa shape index (κ1) is 23.4. The van der Waals surface area contributed by atoms with Gasteiger partial charge >= 0.3 is 0 Å². The standard InChI is InChI=1S/C28H24N2O5/c1-33-25-9-5-3-7-23(25)27(31)29-19-11-15-21(16-12-19)35-22-17-13-20(14-18-22)30-28(32)24-8-4-6-10-26(24)34-2/h3-18H,1-2H3,(H,29,31)(H,30,32). The summed E-state index contributed by atoms with van der Waals surface area (Å²) in [6, 6.07) is 28.1. The molecule has 4 aromatic carbocycles. The first-order valence-corrected chi connectivity index (χ1v) is 10.8. The Morgan fingerprint density at radius 2 is 0.914 bits per heavy atom. The molecule has 4 rings (SSSR count). The molecule has 0 unspecified atom stereocenters. The highest BCUT2D eigenvalue weighted by Crippen LogP contribution is 2.26. The number of hydrogen-bond acceptors (Lipinski definition) is 5. The maximum Gasteiger partial charge on any atom is 0.259 e. The van der Waals surface area contributed by atoms with Gasteiger partial charge in [-0.2, -0.15) is 0 Å². The molecule has 0 atom stereocenters. The first-order valence-electron chi connectivity index (χ1n) is 10.8. The van der Waals surface area contributed by atoms with Crippen molar-refractivity contribution >= 4 is 23.2 Å². The zero-order valence-corrected chi connectivity index (χ0v) is 19.3. The summed E-state index contributed by atoms with van der Waals surface area (Å²) in [6.07, 6.45) is 0. The van der Waals surface area contributed by atoms with Crippen LogP contribution in [0.1, 0.15) is 20.7 Å². The van der Waals surface area contributed by atoms with Gasteiger partial charge in [0.05, 0.1) is 25.3 Å². The van der Waals surface area contributed by atoms with E-state index < -0.39 is 0 Å². The number of methoxy groups -OCH3 is 2. The SMILES string of the molecule is COc1ccccc1C(=O)Nc1ccc(Oc2ccc(NC(=O)c3ccccc3OC)cc2)cc1. The fraction of sp³-hybridized carbons (Fsp3) is 0.0714. The van der Waals surface area contributed by atoms with Crippen molar-refractivity contribution in [1.82, 2.24) is 0 Å². The number of benzene rings is 4. The summed E-state index contributed by atoms with van der Waals surface area (Å²) in [5.41, 5.74) is 2.16. The third kappa shape index (κ3) is 5.78. The van der Waals surface area contributed by atoms with E-state index in [9.17, 15) is 9.59 Å². The van der Waals surface area contributed by atoms with Gasteiger partial charge in [-0.05, 0) is 72.8 Å². The Hall–Kier alpha value is -4.78. The van der Waals surface area contributed by atoms with Crippen LogP contribution in [0.5, 0.6) is 23.0 Å². The maximum absolute atomic E-state index is 12.5. The number of carbonyl (C=O) groups is 2. The summed E-state index contributed by atoms with van der Waals surface area (Å²) in [7, 11) is 3.05. The number of anilines is 2. The van der Waals surface area contributed by atoms with Gasteiger partial charge in [0.1, 0.15) is 23.0 Å². The van der Waals surface area contributed by atoms with Crippen molar-refractivity contribution in [3.63, 3.8) is 0 Å². The van der Waals surface area contributed by atoms with E-state index in [1.54, 1.807) is 84.9 Å².